The normalized spacial score (nSPS) is 26.6. The number of imidazole rings is 1. The standard InChI is InChI=1S/C10H17N5O17P4/c11-10-13-7-4(8(17)14-10)12-2-15(7)9-5(16)6(30-36(26,27)32-34(21,22)23)3(29-9)1-28-35(24,25)31-33(18,19)20/h2-3,5-6,9,16H,1H2,(H,24,25)(H,26,27)(H2,18,19,20)(H2,21,22,23)(H3,11,13,14,17). The summed E-state index contributed by atoms with van der Waals surface area (Å²) < 4.78 is 68.0. The maximum atomic E-state index is 12.0. The predicted octanol–water partition coefficient (Wildman–Crippen LogP) is -2.22. The summed E-state index contributed by atoms with van der Waals surface area (Å²) in [6.45, 7) is -1.23. The van der Waals surface area contributed by atoms with Crippen molar-refractivity contribution in [2.45, 2.75) is 24.5 Å². The second-order valence-electron chi connectivity index (χ2n) is 6.78. The number of hydrogen-bond donors (Lipinski definition) is 9. The number of fused-ring (bicyclic) bond motifs is 1. The van der Waals surface area contributed by atoms with Crippen LogP contribution in [0.2, 0.25) is 0 Å². The van der Waals surface area contributed by atoms with Gasteiger partial charge in [0.2, 0.25) is 5.95 Å². The Kier molecular flexibility index (Phi) is 8.14. The van der Waals surface area contributed by atoms with E-state index in [4.69, 9.17) is 30.0 Å². The number of hydrogen-bond acceptors (Lipinski definition) is 14. The highest BCUT2D eigenvalue weighted by Gasteiger charge is 2.51. The number of phosphoric ester groups is 2. The first-order chi connectivity index (χ1) is 16.3. The zero-order valence-corrected chi connectivity index (χ0v) is 20.6. The number of nitrogens with one attached hydrogen (secondary N) is 1. The van der Waals surface area contributed by atoms with Crippen LogP contribution in [0.15, 0.2) is 11.1 Å². The van der Waals surface area contributed by atoms with E-state index < -0.39 is 68.0 Å². The molecule has 0 spiro atoms. The molecule has 1 fully saturated rings. The molecule has 0 aromatic carbocycles. The second kappa shape index (κ2) is 10.0. The number of H-pyrrole nitrogens is 1. The van der Waals surface area contributed by atoms with Crippen molar-refractivity contribution in [2.24, 2.45) is 0 Å². The van der Waals surface area contributed by atoms with Crippen molar-refractivity contribution in [3.8, 4) is 0 Å². The van der Waals surface area contributed by atoms with Crippen LogP contribution < -0.4 is 11.3 Å². The van der Waals surface area contributed by atoms with Crippen molar-refractivity contribution in [1.82, 2.24) is 19.5 Å². The van der Waals surface area contributed by atoms with E-state index in [1.807, 2.05) is 0 Å². The van der Waals surface area contributed by atoms with E-state index in [0.717, 1.165) is 10.9 Å². The highest BCUT2D eigenvalue weighted by molar-refractivity contribution is 7.61. The van der Waals surface area contributed by atoms with Gasteiger partial charge in [0.15, 0.2) is 17.4 Å². The molecule has 204 valence electrons. The first-order valence-electron chi connectivity index (χ1n) is 8.85. The summed E-state index contributed by atoms with van der Waals surface area (Å²) in [6, 6.07) is 0. The molecule has 0 amide bonds. The van der Waals surface area contributed by atoms with Gasteiger partial charge in [0, 0.05) is 0 Å². The first-order valence-corrected chi connectivity index (χ1v) is 14.9. The fraction of sp³-hybridized carbons (Fsp3) is 0.500. The topological polar surface area (TPSA) is 346 Å². The first kappa shape index (κ1) is 29.2. The number of aliphatic hydroxyl groups excluding tert-OH is 1. The molecule has 0 bridgehead atoms. The Hall–Kier alpha value is -1.41. The van der Waals surface area contributed by atoms with Crippen molar-refractivity contribution in [3.05, 3.63) is 16.7 Å². The van der Waals surface area contributed by atoms with Gasteiger partial charge in [-0.25, -0.2) is 23.2 Å². The van der Waals surface area contributed by atoms with Crippen LogP contribution in [0, 0.1) is 0 Å². The third-order valence-corrected chi connectivity index (χ3v) is 8.45. The molecule has 10 N–H and O–H groups in total. The summed E-state index contributed by atoms with van der Waals surface area (Å²) in [4.78, 5) is 75.7. The van der Waals surface area contributed by atoms with Gasteiger partial charge in [0.25, 0.3) is 5.56 Å². The number of aromatic amines is 1. The lowest BCUT2D eigenvalue weighted by Crippen LogP contribution is -2.36. The van der Waals surface area contributed by atoms with Crippen LogP contribution in [0.5, 0.6) is 0 Å². The van der Waals surface area contributed by atoms with Crippen molar-refractivity contribution >= 4 is 48.4 Å². The minimum Gasteiger partial charge on any atom is -0.386 e. The van der Waals surface area contributed by atoms with Crippen LogP contribution in [0.4, 0.5) is 5.95 Å². The zero-order valence-electron chi connectivity index (χ0n) is 17.0. The highest BCUT2D eigenvalue weighted by Crippen LogP contribution is 2.60. The van der Waals surface area contributed by atoms with Gasteiger partial charge in [-0.2, -0.15) is 13.6 Å². The maximum absolute atomic E-state index is 12.0. The number of ether oxygens (including phenoxy) is 1. The lowest BCUT2D eigenvalue weighted by molar-refractivity contribution is -0.0501. The van der Waals surface area contributed by atoms with Crippen LogP contribution in [-0.2, 0) is 40.7 Å². The average molecular weight is 603 g/mol. The van der Waals surface area contributed by atoms with E-state index in [-0.39, 0.29) is 17.1 Å². The predicted molar refractivity (Wildman–Crippen MR) is 109 cm³/mol. The van der Waals surface area contributed by atoms with E-state index >= 15 is 0 Å². The maximum Gasteiger partial charge on any atom is 0.481 e. The number of nitrogens with two attached hydrogens (primary N) is 1. The summed E-state index contributed by atoms with van der Waals surface area (Å²) in [6.07, 6.45) is -6.91. The van der Waals surface area contributed by atoms with Crippen molar-refractivity contribution in [2.75, 3.05) is 12.3 Å². The number of nitrogens with zero attached hydrogens (tertiary/aromatic N) is 3. The van der Waals surface area contributed by atoms with Gasteiger partial charge in [0.1, 0.15) is 18.3 Å². The van der Waals surface area contributed by atoms with Gasteiger partial charge in [-0.15, -0.1) is 0 Å². The van der Waals surface area contributed by atoms with E-state index in [1.54, 1.807) is 0 Å². The molecule has 0 aliphatic carbocycles. The van der Waals surface area contributed by atoms with Crippen LogP contribution in [0.3, 0.4) is 0 Å². The third kappa shape index (κ3) is 7.33. The quantitative estimate of drug-likeness (QED) is 0.130. The Bertz CT molecular complexity index is 1380. The number of nitrogen functional groups attached to an aromatic ring is 1. The summed E-state index contributed by atoms with van der Waals surface area (Å²) in [5.74, 6) is -0.389. The number of rotatable bonds is 10. The van der Waals surface area contributed by atoms with Crippen LogP contribution in [-0.4, -0.2) is 78.9 Å². The molecule has 2 aromatic rings. The second-order valence-corrected chi connectivity index (χ2v) is 12.4. The Morgan fingerprint density at radius 2 is 1.64 bits per heavy atom. The van der Waals surface area contributed by atoms with Gasteiger partial charge in [-0.1, -0.05) is 0 Å². The molecule has 6 unspecified atom stereocenters. The molecular weight excluding hydrogens is 586 g/mol. The number of anilines is 1. The minimum absolute atomic E-state index is 0.281. The molecule has 22 nitrogen and oxygen atoms in total. The lowest BCUT2D eigenvalue weighted by atomic mass is 10.1. The zero-order chi connectivity index (χ0) is 27.3. The summed E-state index contributed by atoms with van der Waals surface area (Å²) in [7, 11) is -22.3. The molecule has 3 rings (SSSR count). The van der Waals surface area contributed by atoms with E-state index in [9.17, 15) is 37.9 Å². The van der Waals surface area contributed by atoms with E-state index in [1.165, 1.54) is 0 Å². The van der Waals surface area contributed by atoms with E-state index in [0.29, 0.717) is 0 Å². The fourth-order valence-corrected chi connectivity index (χ4v) is 6.37. The molecular formula is C10H17N5O17P4. The third-order valence-electron chi connectivity index (χ3n) is 4.11. The van der Waals surface area contributed by atoms with Crippen LogP contribution in [0.1, 0.15) is 6.23 Å². The Labute approximate surface area is 197 Å². The number of aromatic nitrogens is 4. The molecule has 1 aliphatic rings. The van der Waals surface area contributed by atoms with E-state index in [2.05, 4.69) is 32.6 Å². The summed E-state index contributed by atoms with van der Waals surface area (Å²) in [5, 5.41) is 10.7. The molecule has 2 aromatic heterocycles. The largest absolute Gasteiger partial charge is 0.481 e. The monoisotopic (exact) mass is 603 g/mol. The van der Waals surface area contributed by atoms with Crippen LogP contribution >= 0.6 is 31.3 Å². The van der Waals surface area contributed by atoms with Gasteiger partial charge in [-0.05, 0) is 0 Å². The Morgan fingerprint density at radius 1 is 1.06 bits per heavy atom. The SMILES string of the molecule is Nc1nc2c(ncn2C2OC(COP(=O)(O)OP(=O)(O)O)C(OP(=O)(O)OP(=O)(O)O)C2O)c(=O)[nH]1. The smallest absolute Gasteiger partial charge is 0.386 e. The molecule has 1 aliphatic heterocycles. The minimum atomic E-state index is -5.66. The highest BCUT2D eigenvalue weighted by atomic mass is 31.3. The summed E-state index contributed by atoms with van der Waals surface area (Å²) >= 11 is 0. The molecule has 26 heteroatoms. The van der Waals surface area contributed by atoms with Gasteiger partial charge in [-0.3, -0.25) is 23.4 Å². The molecule has 0 radical (unpaired) electrons. The number of phosphoric acid groups is 4. The Balaban J connectivity index is 1.95. The van der Waals surface area contributed by atoms with Gasteiger partial charge < -0.3 is 44.9 Å². The van der Waals surface area contributed by atoms with Gasteiger partial charge in [0.05, 0.1) is 12.9 Å². The molecule has 1 saturated heterocycles. The van der Waals surface area contributed by atoms with Gasteiger partial charge >= 0.3 is 31.3 Å². The summed E-state index contributed by atoms with van der Waals surface area (Å²) in [5.41, 5.74) is 4.09. The molecule has 6 atom stereocenters. The number of aliphatic hydroxyl groups is 1. The van der Waals surface area contributed by atoms with Crippen molar-refractivity contribution in [3.63, 3.8) is 0 Å². The van der Waals surface area contributed by atoms with Crippen molar-refractivity contribution in [1.29, 1.82) is 0 Å². The Morgan fingerprint density at radius 3 is 2.22 bits per heavy atom. The molecule has 36 heavy (non-hydrogen) atoms. The van der Waals surface area contributed by atoms with Crippen molar-refractivity contribution < 1.29 is 75.1 Å². The lowest BCUT2D eigenvalue weighted by Gasteiger charge is -2.23. The average Bonchev–Trinajstić information content (AvgIpc) is 3.18. The van der Waals surface area contributed by atoms with Crippen LogP contribution in [0.25, 0.3) is 11.2 Å². The fourth-order valence-electron chi connectivity index (χ4n) is 2.98. The molecule has 3 heterocycles. The molecule has 0 saturated carbocycles.